The fraction of sp³-hybridized carbons (Fsp3) is 0.647. The highest BCUT2D eigenvalue weighted by molar-refractivity contribution is 8.00. The highest BCUT2D eigenvalue weighted by atomic mass is 32.2. The van der Waals surface area contributed by atoms with Crippen LogP contribution in [0.3, 0.4) is 0 Å². The highest BCUT2D eigenvalue weighted by Crippen LogP contribution is 2.35. The molecule has 1 saturated carbocycles. The van der Waals surface area contributed by atoms with Gasteiger partial charge in [-0.1, -0.05) is 33.1 Å². The largest absolute Gasteiger partial charge is 0.382 e. The first-order valence-corrected chi connectivity index (χ1v) is 8.73. The van der Waals surface area contributed by atoms with Crippen LogP contribution in [0, 0.1) is 0 Å². The van der Waals surface area contributed by atoms with E-state index in [0.29, 0.717) is 6.04 Å². The maximum Gasteiger partial charge on any atom is 0.0343 e. The van der Waals surface area contributed by atoms with Crippen molar-refractivity contribution >= 4 is 17.4 Å². The van der Waals surface area contributed by atoms with Crippen molar-refractivity contribution in [3.05, 3.63) is 24.3 Å². The lowest BCUT2D eigenvalue weighted by molar-refractivity contribution is 0.623. The van der Waals surface area contributed by atoms with E-state index in [0.717, 1.165) is 5.25 Å². The molecular formula is C17H27NS. The minimum absolute atomic E-state index is 0.623. The van der Waals surface area contributed by atoms with E-state index in [-0.39, 0.29) is 0 Å². The molecule has 0 heterocycles. The first kappa shape index (κ1) is 14.8. The molecule has 1 atom stereocenters. The average Bonchev–Trinajstić information content (AvgIpc) is 2.93. The highest BCUT2D eigenvalue weighted by Gasteiger charge is 2.15. The van der Waals surface area contributed by atoms with Crippen LogP contribution in [0.4, 0.5) is 5.69 Å². The first-order chi connectivity index (χ1) is 9.31. The number of benzene rings is 1. The van der Waals surface area contributed by atoms with Gasteiger partial charge < -0.3 is 5.32 Å². The molecule has 19 heavy (non-hydrogen) atoms. The third-order valence-electron chi connectivity index (χ3n) is 3.96. The molecule has 1 nitrogen and oxygen atoms in total. The minimum Gasteiger partial charge on any atom is -0.382 e. The molecule has 1 aromatic rings. The quantitative estimate of drug-likeness (QED) is 0.685. The van der Waals surface area contributed by atoms with Gasteiger partial charge in [-0.2, -0.15) is 0 Å². The monoisotopic (exact) mass is 277 g/mol. The smallest absolute Gasteiger partial charge is 0.0343 e. The van der Waals surface area contributed by atoms with Crippen LogP contribution < -0.4 is 5.32 Å². The zero-order valence-corrected chi connectivity index (χ0v) is 13.1. The topological polar surface area (TPSA) is 12.0 Å². The molecule has 2 rings (SSSR count). The average molecular weight is 277 g/mol. The van der Waals surface area contributed by atoms with Crippen LogP contribution in [-0.4, -0.2) is 11.3 Å². The third-order valence-corrected chi connectivity index (χ3v) is 5.31. The number of hydrogen-bond acceptors (Lipinski definition) is 2. The van der Waals surface area contributed by atoms with Crippen LogP contribution >= 0.6 is 11.8 Å². The fourth-order valence-corrected chi connectivity index (χ4v) is 4.04. The summed E-state index contributed by atoms with van der Waals surface area (Å²) in [5.41, 5.74) is 1.27. The lowest BCUT2D eigenvalue weighted by Gasteiger charge is -2.18. The van der Waals surface area contributed by atoms with Gasteiger partial charge in [-0.3, -0.25) is 0 Å². The number of hydrogen-bond donors (Lipinski definition) is 1. The number of thioether (sulfide) groups is 1. The summed E-state index contributed by atoms with van der Waals surface area (Å²) in [4.78, 5) is 1.43. The molecule has 2 heteroatoms. The molecule has 106 valence electrons. The molecule has 0 spiro atoms. The van der Waals surface area contributed by atoms with Crippen molar-refractivity contribution in [3.8, 4) is 0 Å². The molecule has 1 aromatic carbocycles. The summed E-state index contributed by atoms with van der Waals surface area (Å²) in [6.07, 6.45) is 9.36. The van der Waals surface area contributed by atoms with Gasteiger partial charge in [-0.15, -0.1) is 11.8 Å². The van der Waals surface area contributed by atoms with Gasteiger partial charge in [0.2, 0.25) is 0 Å². The van der Waals surface area contributed by atoms with Gasteiger partial charge in [0, 0.05) is 21.9 Å². The Labute approximate surface area is 122 Å². The Balaban J connectivity index is 1.86. The van der Waals surface area contributed by atoms with Crippen molar-refractivity contribution in [2.45, 2.75) is 75.0 Å². The Morgan fingerprint density at radius 1 is 1.16 bits per heavy atom. The predicted molar refractivity (Wildman–Crippen MR) is 87.2 cm³/mol. The molecular weight excluding hydrogens is 250 g/mol. The molecule has 1 aliphatic carbocycles. The van der Waals surface area contributed by atoms with E-state index in [1.165, 1.54) is 55.5 Å². The summed E-state index contributed by atoms with van der Waals surface area (Å²) in [5.74, 6) is 0. The van der Waals surface area contributed by atoms with Crippen LogP contribution in [0.15, 0.2) is 29.2 Å². The van der Waals surface area contributed by atoms with Crippen LogP contribution in [0.2, 0.25) is 0 Å². The lowest BCUT2D eigenvalue weighted by Crippen LogP contribution is -2.17. The second kappa shape index (κ2) is 7.84. The molecule has 1 fully saturated rings. The summed E-state index contributed by atoms with van der Waals surface area (Å²) < 4.78 is 0. The summed E-state index contributed by atoms with van der Waals surface area (Å²) in [5, 5.41) is 4.50. The van der Waals surface area contributed by atoms with E-state index in [2.05, 4.69) is 55.2 Å². The maximum atomic E-state index is 3.64. The third kappa shape index (κ3) is 4.76. The molecule has 1 unspecified atom stereocenters. The predicted octanol–water partition coefficient (Wildman–Crippen LogP) is 5.71. The molecule has 1 aliphatic rings. The van der Waals surface area contributed by atoms with E-state index < -0.39 is 0 Å². The number of nitrogens with one attached hydrogen (secondary N) is 1. The molecule has 0 radical (unpaired) electrons. The summed E-state index contributed by atoms with van der Waals surface area (Å²) >= 11 is 2.07. The Bertz CT molecular complexity index is 354. The minimum atomic E-state index is 0.623. The zero-order chi connectivity index (χ0) is 13.5. The van der Waals surface area contributed by atoms with Gasteiger partial charge in [0.15, 0.2) is 0 Å². The zero-order valence-electron chi connectivity index (χ0n) is 12.3. The summed E-state index contributed by atoms with van der Waals surface area (Å²) in [6, 6.07) is 9.68. The molecule has 0 amide bonds. The lowest BCUT2D eigenvalue weighted by atomic mass is 10.1. The second-order valence-electron chi connectivity index (χ2n) is 5.59. The van der Waals surface area contributed by atoms with E-state index in [9.17, 15) is 0 Å². The van der Waals surface area contributed by atoms with E-state index in [1.807, 2.05) is 0 Å². The van der Waals surface area contributed by atoms with Crippen LogP contribution in [0.1, 0.15) is 58.8 Å². The molecule has 0 bridgehead atoms. The van der Waals surface area contributed by atoms with Crippen LogP contribution in [-0.2, 0) is 0 Å². The van der Waals surface area contributed by atoms with Crippen molar-refractivity contribution in [1.82, 2.24) is 0 Å². The molecule has 0 saturated heterocycles. The standard InChI is InChI=1S/C17H27NS/c1-3-7-14(4-2)18-15-10-12-17(13-11-15)19-16-8-5-6-9-16/h10-14,16,18H,3-9H2,1-2H3. The van der Waals surface area contributed by atoms with Crippen molar-refractivity contribution < 1.29 is 0 Å². The van der Waals surface area contributed by atoms with Gasteiger partial charge in [-0.05, 0) is 49.9 Å². The second-order valence-corrected chi connectivity index (χ2v) is 6.96. The molecule has 0 aliphatic heterocycles. The normalized spacial score (nSPS) is 17.6. The Morgan fingerprint density at radius 2 is 1.84 bits per heavy atom. The first-order valence-electron chi connectivity index (χ1n) is 7.85. The summed E-state index contributed by atoms with van der Waals surface area (Å²) in [7, 11) is 0. The van der Waals surface area contributed by atoms with Gasteiger partial charge in [0.05, 0.1) is 0 Å². The van der Waals surface area contributed by atoms with Gasteiger partial charge in [0.1, 0.15) is 0 Å². The summed E-state index contributed by atoms with van der Waals surface area (Å²) in [6.45, 7) is 4.52. The van der Waals surface area contributed by atoms with Gasteiger partial charge >= 0.3 is 0 Å². The van der Waals surface area contributed by atoms with Crippen LogP contribution in [0.25, 0.3) is 0 Å². The van der Waals surface area contributed by atoms with E-state index in [4.69, 9.17) is 0 Å². The van der Waals surface area contributed by atoms with Crippen molar-refractivity contribution in [3.63, 3.8) is 0 Å². The Kier molecular flexibility index (Phi) is 6.09. The Hall–Kier alpha value is -0.630. The molecule has 0 aromatic heterocycles. The fourth-order valence-electron chi connectivity index (χ4n) is 2.79. The number of rotatable bonds is 7. The van der Waals surface area contributed by atoms with Crippen molar-refractivity contribution in [2.24, 2.45) is 0 Å². The van der Waals surface area contributed by atoms with Crippen LogP contribution in [0.5, 0.6) is 0 Å². The van der Waals surface area contributed by atoms with Gasteiger partial charge in [-0.25, -0.2) is 0 Å². The maximum absolute atomic E-state index is 3.64. The van der Waals surface area contributed by atoms with Crippen molar-refractivity contribution in [2.75, 3.05) is 5.32 Å². The number of anilines is 1. The molecule has 1 N–H and O–H groups in total. The van der Waals surface area contributed by atoms with E-state index in [1.54, 1.807) is 0 Å². The SMILES string of the molecule is CCCC(CC)Nc1ccc(SC2CCCC2)cc1. The van der Waals surface area contributed by atoms with Crippen molar-refractivity contribution in [1.29, 1.82) is 0 Å². The van der Waals surface area contributed by atoms with E-state index >= 15 is 0 Å². The van der Waals surface area contributed by atoms with Gasteiger partial charge in [0.25, 0.3) is 0 Å². The Morgan fingerprint density at radius 3 is 2.42 bits per heavy atom.